The molecule has 0 atom stereocenters. The highest BCUT2D eigenvalue weighted by molar-refractivity contribution is 6.30. The molecule has 0 aliphatic rings. The van der Waals surface area contributed by atoms with Crippen LogP contribution in [-0.2, 0) is 9.53 Å². The van der Waals surface area contributed by atoms with Crippen LogP contribution in [0.1, 0.15) is 5.56 Å². The summed E-state index contributed by atoms with van der Waals surface area (Å²) in [6, 6.07) is 7.11. The van der Waals surface area contributed by atoms with Crippen molar-refractivity contribution in [3.05, 3.63) is 40.4 Å². The van der Waals surface area contributed by atoms with Gasteiger partial charge in [-0.1, -0.05) is 23.7 Å². The Morgan fingerprint density at radius 2 is 2.07 bits per heavy atom. The van der Waals surface area contributed by atoms with Crippen molar-refractivity contribution < 1.29 is 9.53 Å². The molecule has 0 heterocycles. The van der Waals surface area contributed by atoms with E-state index in [-0.39, 0.29) is 6.54 Å². The fourth-order valence-corrected chi connectivity index (χ4v) is 1.22. The number of rotatable bonds is 3. The third-order valence-electron chi connectivity index (χ3n) is 1.88. The van der Waals surface area contributed by atoms with Crippen LogP contribution in [0.4, 0.5) is 0 Å². The maximum atomic E-state index is 11.2. The monoisotopic (exact) mass is 225 g/mol. The first kappa shape index (κ1) is 11.8. The largest absolute Gasteiger partial charge is 0.466 e. The molecule has 0 amide bonds. The highest BCUT2D eigenvalue weighted by Gasteiger charge is 2.06. The Hall–Kier alpha value is -1.32. The van der Waals surface area contributed by atoms with Crippen molar-refractivity contribution in [2.24, 2.45) is 5.73 Å². The van der Waals surface area contributed by atoms with Crippen LogP contribution in [0.3, 0.4) is 0 Å². The minimum Gasteiger partial charge on any atom is -0.466 e. The van der Waals surface area contributed by atoms with E-state index in [9.17, 15) is 4.79 Å². The Bertz CT molecular complexity index is 371. The van der Waals surface area contributed by atoms with Gasteiger partial charge in [0.15, 0.2) is 0 Å². The second-order valence-electron chi connectivity index (χ2n) is 2.92. The molecule has 0 aliphatic carbocycles. The lowest BCUT2D eigenvalue weighted by Crippen LogP contribution is -2.13. The van der Waals surface area contributed by atoms with Crippen LogP contribution < -0.4 is 5.73 Å². The van der Waals surface area contributed by atoms with Crippen molar-refractivity contribution in [2.75, 3.05) is 13.7 Å². The summed E-state index contributed by atoms with van der Waals surface area (Å²) in [5, 5.41) is 0.652. The summed E-state index contributed by atoms with van der Waals surface area (Å²) in [7, 11) is 1.33. The van der Waals surface area contributed by atoms with Gasteiger partial charge in [0.05, 0.1) is 12.7 Å². The summed E-state index contributed by atoms with van der Waals surface area (Å²) in [6.45, 7) is 0.148. The molecular weight excluding hydrogens is 214 g/mol. The number of methoxy groups -OCH3 is 1. The van der Waals surface area contributed by atoms with Crippen LogP contribution in [0, 0.1) is 0 Å². The standard InChI is InChI=1S/C11H12ClNO2/c1-15-11(14)9(7-13)6-8-2-4-10(12)5-3-8/h2-6H,7,13H2,1H3/b9-6-. The van der Waals surface area contributed by atoms with Crippen LogP contribution in [-0.4, -0.2) is 19.6 Å². The zero-order valence-corrected chi connectivity index (χ0v) is 9.12. The quantitative estimate of drug-likeness (QED) is 0.631. The molecule has 80 valence electrons. The Morgan fingerprint density at radius 3 is 2.53 bits per heavy atom. The molecule has 0 aliphatic heterocycles. The molecule has 3 nitrogen and oxygen atoms in total. The van der Waals surface area contributed by atoms with Gasteiger partial charge in [-0.15, -0.1) is 0 Å². The zero-order valence-electron chi connectivity index (χ0n) is 8.37. The third-order valence-corrected chi connectivity index (χ3v) is 2.13. The predicted molar refractivity (Wildman–Crippen MR) is 60.5 cm³/mol. The normalized spacial score (nSPS) is 11.3. The van der Waals surface area contributed by atoms with E-state index in [0.717, 1.165) is 5.56 Å². The minimum absolute atomic E-state index is 0.148. The second kappa shape index (κ2) is 5.53. The van der Waals surface area contributed by atoms with Crippen LogP contribution >= 0.6 is 11.6 Å². The molecule has 1 rings (SSSR count). The van der Waals surface area contributed by atoms with Gasteiger partial charge in [-0.3, -0.25) is 0 Å². The van der Waals surface area contributed by atoms with Crippen molar-refractivity contribution in [3.8, 4) is 0 Å². The SMILES string of the molecule is COC(=O)/C(=C\c1ccc(Cl)cc1)CN. The van der Waals surface area contributed by atoms with Gasteiger partial charge < -0.3 is 10.5 Å². The van der Waals surface area contributed by atoms with Crippen molar-refractivity contribution in [2.45, 2.75) is 0 Å². The molecule has 1 aromatic carbocycles. The van der Waals surface area contributed by atoms with E-state index in [1.54, 1.807) is 30.3 Å². The Morgan fingerprint density at radius 1 is 1.47 bits per heavy atom. The highest BCUT2D eigenvalue weighted by Crippen LogP contribution is 2.12. The lowest BCUT2D eigenvalue weighted by atomic mass is 10.1. The molecule has 0 aromatic heterocycles. The smallest absolute Gasteiger partial charge is 0.335 e. The maximum absolute atomic E-state index is 11.2. The molecule has 0 radical (unpaired) electrons. The fraction of sp³-hybridized carbons (Fsp3) is 0.182. The number of carbonyl (C=O) groups excluding carboxylic acids is 1. The lowest BCUT2D eigenvalue weighted by Gasteiger charge is -2.02. The molecule has 0 spiro atoms. The van der Waals surface area contributed by atoms with E-state index in [4.69, 9.17) is 17.3 Å². The summed E-state index contributed by atoms with van der Waals surface area (Å²) in [5.74, 6) is -0.410. The van der Waals surface area contributed by atoms with Gasteiger partial charge in [-0.25, -0.2) is 4.79 Å². The number of carbonyl (C=O) groups is 1. The Kier molecular flexibility index (Phi) is 4.34. The average molecular weight is 226 g/mol. The molecular formula is C11H12ClNO2. The first-order chi connectivity index (χ1) is 7.17. The number of nitrogens with two attached hydrogens (primary N) is 1. The molecule has 4 heteroatoms. The van der Waals surface area contributed by atoms with E-state index >= 15 is 0 Å². The maximum Gasteiger partial charge on any atom is 0.335 e. The van der Waals surface area contributed by atoms with Crippen LogP contribution in [0.15, 0.2) is 29.8 Å². The summed E-state index contributed by atoms with van der Waals surface area (Å²) < 4.78 is 4.59. The molecule has 2 N–H and O–H groups in total. The van der Waals surface area contributed by atoms with Crippen LogP contribution in [0.25, 0.3) is 6.08 Å². The number of ether oxygens (including phenoxy) is 1. The summed E-state index contributed by atoms with van der Waals surface area (Å²) in [6.07, 6.45) is 1.68. The summed E-state index contributed by atoms with van der Waals surface area (Å²) in [5.41, 5.74) is 6.73. The number of esters is 1. The Balaban J connectivity index is 2.93. The summed E-state index contributed by atoms with van der Waals surface area (Å²) >= 11 is 5.73. The van der Waals surface area contributed by atoms with Gasteiger partial charge in [0.2, 0.25) is 0 Å². The zero-order chi connectivity index (χ0) is 11.3. The minimum atomic E-state index is -0.410. The molecule has 0 saturated carbocycles. The second-order valence-corrected chi connectivity index (χ2v) is 3.35. The highest BCUT2D eigenvalue weighted by atomic mass is 35.5. The van der Waals surface area contributed by atoms with Crippen molar-refractivity contribution in [3.63, 3.8) is 0 Å². The van der Waals surface area contributed by atoms with Crippen molar-refractivity contribution in [1.82, 2.24) is 0 Å². The number of hydrogen-bond donors (Lipinski definition) is 1. The fourth-order valence-electron chi connectivity index (χ4n) is 1.09. The van der Waals surface area contributed by atoms with E-state index in [0.29, 0.717) is 10.6 Å². The van der Waals surface area contributed by atoms with Gasteiger partial charge in [0.25, 0.3) is 0 Å². The first-order valence-electron chi connectivity index (χ1n) is 4.42. The van der Waals surface area contributed by atoms with Crippen LogP contribution in [0.2, 0.25) is 5.02 Å². The molecule has 15 heavy (non-hydrogen) atoms. The molecule has 1 aromatic rings. The number of benzene rings is 1. The number of hydrogen-bond acceptors (Lipinski definition) is 3. The van der Waals surface area contributed by atoms with Gasteiger partial charge >= 0.3 is 5.97 Å². The van der Waals surface area contributed by atoms with Crippen molar-refractivity contribution in [1.29, 1.82) is 0 Å². The third kappa shape index (κ3) is 3.38. The summed E-state index contributed by atoms with van der Waals surface area (Å²) in [4.78, 5) is 11.2. The van der Waals surface area contributed by atoms with E-state index < -0.39 is 5.97 Å². The molecule has 0 bridgehead atoms. The van der Waals surface area contributed by atoms with Gasteiger partial charge in [0, 0.05) is 11.6 Å². The lowest BCUT2D eigenvalue weighted by molar-refractivity contribution is -0.136. The average Bonchev–Trinajstić information content (AvgIpc) is 2.27. The first-order valence-corrected chi connectivity index (χ1v) is 4.79. The number of halogens is 1. The molecule has 0 saturated heterocycles. The van der Waals surface area contributed by atoms with Gasteiger partial charge in [-0.05, 0) is 23.8 Å². The van der Waals surface area contributed by atoms with E-state index in [2.05, 4.69) is 4.74 Å². The Labute approximate surface area is 93.5 Å². The predicted octanol–water partition coefficient (Wildman–Crippen LogP) is 1.86. The van der Waals surface area contributed by atoms with Gasteiger partial charge in [0.1, 0.15) is 0 Å². The van der Waals surface area contributed by atoms with E-state index in [1.807, 2.05) is 0 Å². The van der Waals surface area contributed by atoms with Crippen molar-refractivity contribution >= 4 is 23.6 Å². The van der Waals surface area contributed by atoms with E-state index in [1.165, 1.54) is 7.11 Å². The van der Waals surface area contributed by atoms with Gasteiger partial charge in [-0.2, -0.15) is 0 Å². The van der Waals surface area contributed by atoms with Crippen LogP contribution in [0.5, 0.6) is 0 Å². The topological polar surface area (TPSA) is 52.3 Å². The molecule has 0 fully saturated rings. The molecule has 0 unspecified atom stereocenters.